The van der Waals surface area contributed by atoms with Gasteiger partial charge in [0, 0.05) is 28.4 Å². The number of hydrogen-bond donors (Lipinski definition) is 0. The van der Waals surface area contributed by atoms with Gasteiger partial charge in [0.25, 0.3) is 0 Å². The molecule has 0 saturated carbocycles. The fourth-order valence-electron chi connectivity index (χ4n) is 3.82. The molecule has 0 radical (unpaired) electrons. The summed E-state index contributed by atoms with van der Waals surface area (Å²) in [4.78, 5) is 0. The fraction of sp³-hybridized carbons (Fsp3) is 0.250. The minimum atomic E-state index is 0.993. The Labute approximate surface area is 150 Å². The van der Waals surface area contributed by atoms with Crippen LogP contribution in [0.5, 0.6) is 0 Å². The van der Waals surface area contributed by atoms with E-state index >= 15 is 0 Å². The topological polar surface area (TPSA) is 4.93 Å². The number of fused-ring (bicyclic) bond motifs is 3. The van der Waals surface area contributed by atoms with Crippen LogP contribution in [-0.4, -0.2) is 4.57 Å². The molecule has 0 aliphatic carbocycles. The van der Waals surface area contributed by atoms with Gasteiger partial charge in [0.05, 0.1) is 0 Å². The molecule has 0 amide bonds. The van der Waals surface area contributed by atoms with E-state index in [1.54, 1.807) is 0 Å². The van der Waals surface area contributed by atoms with E-state index in [1.807, 2.05) is 13.8 Å². The standard InChI is InChI=1S/C22H21N.C2H6/c1-4-23-20-12-8-7-11-19(20)22-16(3)18(13-14-21(22)23)17-10-6-5-9-15(17)2;1-2/h5-14H,4H2,1-3H3;1-2H3. The van der Waals surface area contributed by atoms with Crippen molar-refractivity contribution < 1.29 is 0 Å². The minimum absolute atomic E-state index is 0.993. The highest BCUT2D eigenvalue weighted by molar-refractivity contribution is 6.11. The number of aryl methyl sites for hydroxylation is 3. The summed E-state index contributed by atoms with van der Waals surface area (Å²) in [5.74, 6) is 0. The largest absolute Gasteiger partial charge is 0.341 e. The van der Waals surface area contributed by atoms with Crippen molar-refractivity contribution >= 4 is 21.8 Å². The summed E-state index contributed by atoms with van der Waals surface area (Å²) in [5.41, 5.74) is 8.04. The molecule has 0 saturated heterocycles. The molecular formula is C24H27N. The molecule has 4 rings (SSSR count). The Kier molecular flexibility index (Phi) is 4.94. The first-order valence-corrected chi connectivity index (χ1v) is 9.29. The Morgan fingerprint density at radius 2 is 1.40 bits per heavy atom. The van der Waals surface area contributed by atoms with Crippen LogP contribution < -0.4 is 0 Å². The van der Waals surface area contributed by atoms with E-state index in [0.717, 1.165) is 6.54 Å². The molecule has 4 aromatic rings. The zero-order chi connectivity index (χ0) is 18.0. The Morgan fingerprint density at radius 3 is 2.12 bits per heavy atom. The highest BCUT2D eigenvalue weighted by atomic mass is 15.0. The molecule has 0 bridgehead atoms. The van der Waals surface area contributed by atoms with Crippen molar-refractivity contribution in [1.29, 1.82) is 0 Å². The smallest absolute Gasteiger partial charge is 0.0494 e. The zero-order valence-corrected chi connectivity index (χ0v) is 15.9. The lowest BCUT2D eigenvalue weighted by molar-refractivity contribution is 0.827. The van der Waals surface area contributed by atoms with E-state index in [1.165, 1.54) is 44.1 Å². The van der Waals surface area contributed by atoms with Crippen molar-refractivity contribution in [3.05, 3.63) is 71.8 Å². The van der Waals surface area contributed by atoms with Crippen LogP contribution in [0.2, 0.25) is 0 Å². The van der Waals surface area contributed by atoms with Gasteiger partial charge in [0.1, 0.15) is 0 Å². The first-order chi connectivity index (χ1) is 12.2. The Bertz CT molecular complexity index is 1020. The van der Waals surface area contributed by atoms with Crippen LogP contribution in [0.25, 0.3) is 32.9 Å². The van der Waals surface area contributed by atoms with Gasteiger partial charge in [-0.1, -0.05) is 62.4 Å². The summed E-state index contributed by atoms with van der Waals surface area (Å²) >= 11 is 0. The second kappa shape index (κ2) is 7.14. The van der Waals surface area contributed by atoms with Crippen LogP contribution in [0.3, 0.4) is 0 Å². The van der Waals surface area contributed by atoms with Gasteiger partial charge in [0.15, 0.2) is 0 Å². The third-order valence-electron chi connectivity index (χ3n) is 4.95. The SMILES string of the molecule is CC.CCn1c2ccccc2c2c(C)c(-c3ccccc3C)ccc21. The number of hydrogen-bond acceptors (Lipinski definition) is 0. The lowest BCUT2D eigenvalue weighted by atomic mass is 9.94. The van der Waals surface area contributed by atoms with Crippen LogP contribution in [0.15, 0.2) is 60.7 Å². The van der Waals surface area contributed by atoms with Gasteiger partial charge in [-0.3, -0.25) is 0 Å². The van der Waals surface area contributed by atoms with E-state index in [4.69, 9.17) is 0 Å². The van der Waals surface area contributed by atoms with Gasteiger partial charge in [0.2, 0.25) is 0 Å². The summed E-state index contributed by atoms with van der Waals surface area (Å²) in [6.07, 6.45) is 0. The summed E-state index contributed by atoms with van der Waals surface area (Å²) in [5, 5.41) is 2.75. The minimum Gasteiger partial charge on any atom is -0.341 e. The van der Waals surface area contributed by atoms with Crippen molar-refractivity contribution in [2.24, 2.45) is 0 Å². The summed E-state index contributed by atoms with van der Waals surface area (Å²) in [6.45, 7) is 11.7. The molecular weight excluding hydrogens is 302 g/mol. The lowest BCUT2D eigenvalue weighted by Gasteiger charge is -2.11. The molecule has 0 N–H and O–H groups in total. The number of para-hydroxylation sites is 1. The van der Waals surface area contributed by atoms with E-state index in [2.05, 4.69) is 86.0 Å². The number of aromatic nitrogens is 1. The monoisotopic (exact) mass is 329 g/mol. The van der Waals surface area contributed by atoms with E-state index < -0.39 is 0 Å². The first kappa shape index (κ1) is 17.3. The van der Waals surface area contributed by atoms with Gasteiger partial charge in [-0.25, -0.2) is 0 Å². The maximum atomic E-state index is 2.42. The van der Waals surface area contributed by atoms with E-state index in [0.29, 0.717) is 0 Å². The predicted octanol–water partition coefficient (Wildman–Crippen LogP) is 7.12. The molecule has 1 nitrogen and oxygen atoms in total. The molecule has 1 aromatic heterocycles. The Morgan fingerprint density at radius 1 is 0.720 bits per heavy atom. The number of rotatable bonds is 2. The van der Waals surface area contributed by atoms with Gasteiger partial charge < -0.3 is 4.57 Å². The fourth-order valence-corrected chi connectivity index (χ4v) is 3.82. The van der Waals surface area contributed by atoms with Crippen LogP contribution in [0.4, 0.5) is 0 Å². The van der Waals surface area contributed by atoms with Crippen LogP contribution in [0, 0.1) is 13.8 Å². The molecule has 0 atom stereocenters. The lowest BCUT2D eigenvalue weighted by Crippen LogP contribution is -1.93. The van der Waals surface area contributed by atoms with Crippen molar-refractivity contribution in [2.75, 3.05) is 0 Å². The highest BCUT2D eigenvalue weighted by Gasteiger charge is 2.14. The quantitative estimate of drug-likeness (QED) is 0.369. The molecule has 0 aliphatic heterocycles. The van der Waals surface area contributed by atoms with E-state index in [9.17, 15) is 0 Å². The van der Waals surface area contributed by atoms with Crippen molar-refractivity contribution in [2.45, 2.75) is 41.2 Å². The molecule has 3 aromatic carbocycles. The molecule has 0 fully saturated rings. The summed E-state index contributed by atoms with van der Waals surface area (Å²) < 4.78 is 2.42. The van der Waals surface area contributed by atoms with Crippen LogP contribution in [0.1, 0.15) is 31.9 Å². The maximum Gasteiger partial charge on any atom is 0.0494 e. The van der Waals surface area contributed by atoms with Gasteiger partial charge in [-0.2, -0.15) is 0 Å². The second-order valence-electron chi connectivity index (χ2n) is 6.21. The molecule has 25 heavy (non-hydrogen) atoms. The first-order valence-electron chi connectivity index (χ1n) is 9.29. The van der Waals surface area contributed by atoms with Gasteiger partial charge >= 0.3 is 0 Å². The zero-order valence-electron chi connectivity index (χ0n) is 15.9. The van der Waals surface area contributed by atoms with Crippen molar-refractivity contribution in [1.82, 2.24) is 4.57 Å². The maximum absolute atomic E-state index is 2.42. The molecule has 1 heterocycles. The number of benzene rings is 3. The highest BCUT2D eigenvalue weighted by Crippen LogP contribution is 2.37. The molecule has 1 heteroatoms. The molecule has 0 unspecified atom stereocenters. The Hall–Kier alpha value is -2.54. The predicted molar refractivity (Wildman–Crippen MR) is 111 cm³/mol. The normalized spacial score (nSPS) is 10.8. The average Bonchev–Trinajstić information content (AvgIpc) is 2.99. The third kappa shape index (κ3) is 2.74. The van der Waals surface area contributed by atoms with Crippen molar-refractivity contribution in [3.8, 4) is 11.1 Å². The summed E-state index contributed by atoms with van der Waals surface area (Å²) in [7, 11) is 0. The van der Waals surface area contributed by atoms with E-state index in [-0.39, 0.29) is 0 Å². The van der Waals surface area contributed by atoms with Crippen LogP contribution >= 0.6 is 0 Å². The Balaban J connectivity index is 0.000000880. The molecule has 0 aliphatic rings. The summed E-state index contributed by atoms with van der Waals surface area (Å²) in [6, 6.07) is 22.0. The van der Waals surface area contributed by atoms with Crippen molar-refractivity contribution in [3.63, 3.8) is 0 Å². The number of nitrogens with zero attached hydrogens (tertiary/aromatic N) is 1. The third-order valence-corrected chi connectivity index (χ3v) is 4.95. The van der Waals surface area contributed by atoms with Gasteiger partial charge in [-0.15, -0.1) is 0 Å². The van der Waals surface area contributed by atoms with Crippen LogP contribution in [-0.2, 0) is 6.54 Å². The second-order valence-corrected chi connectivity index (χ2v) is 6.21. The average molecular weight is 329 g/mol. The molecule has 128 valence electrons. The molecule has 0 spiro atoms. The van der Waals surface area contributed by atoms with Gasteiger partial charge in [-0.05, 0) is 55.2 Å².